The number of rotatable bonds is 5. The molecule has 78 valence electrons. The molecule has 2 unspecified atom stereocenters. The molecule has 1 saturated carbocycles. The molecule has 0 spiro atoms. The van der Waals surface area contributed by atoms with E-state index in [1.54, 1.807) is 0 Å². The van der Waals surface area contributed by atoms with Gasteiger partial charge in [-0.2, -0.15) is 0 Å². The van der Waals surface area contributed by atoms with Crippen LogP contribution >= 0.6 is 0 Å². The van der Waals surface area contributed by atoms with Crippen LogP contribution in [0.3, 0.4) is 0 Å². The van der Waals surface area contributed by atoms with E-state index in [1.165, 1.54) is 38.6 Å². The van der Waals surface area contributed by atoms with Gasteiger partial charge in [0, 0.05) is 12.1 Å². The first kappa shape index (κ1) is 11.0. The molecule has 3 N–H and O–H groups in total. The summed E-state index contributed by atoms with van der Waals surface area (Å²) in [6.45, 7) is 5.74. The molecule has 0 saturated heterocycles. The Bertz CT molecular complexity index is 134. The van der Waals surface area contributed by atoms with Gasteiger partial charge in [-0.1, -0.05) is 13.8 Å². The second kappa shape index (κ2) is 5.61. The van der Waals surface area contributed by atoms with Crippen LogP contribution in [0.2, 0.25) is 0 Å². The molecule has 2 atom stereocenters. The highest BCUT2D eigenvalue weighted by Crippen LogP contribution is 2.17. The van der Waals surface area contributed by atoms with Gasteiger partial charge in [0.25, 0.3) is 0 Å². The van der Waals surface area contributed by atoms with Crippen LogP contribution in [-0.2, 0) is 0 Å². The zero-order valence-corrected chi connectivity index (χ0v) is 9.05. The van der Waals surface area contributed by atoms with Crippen LogP contribution in [-0.4, -0.2) is 18.6 Å². The summed E-state index contributed by atoms with van der Waals surface area (Å²) >= 11 is 0. The minimum atomic E-state index is 0.461. The lowest BCUT2D eigenvalue weighted by Crippen LogP contribution is -2.29. The van der Waals surface area contributed by atoms with E-state index in [2.05, 4.69) is 19.2 Å². The van der Waals surface area contributed by atoms with Gasteiger partial charge >= 0.3 is 0 Å². The van der Waals surface area contributed by atoms with Crippen molar-refractivity contribution in [3.63, 3.8) is 0 Å². The Morgan fingerprint density at radius 2 is 2.15 bits per heavy atom. The van der Waals surface area contributed by atoms with Crippen molar-refractivity contribution in [1.29, 1.82) is 0 Å². The Morgan fingerprint density at radius 1 is 1.38 bits per heavy atom. The SMILES string of the molecule is CC(C)CCCNC1CCC(N)C1. The van der Waals surface area contributed by atoms with Gasteiger partial charge in [-0.25, -0.2) is 0 Å². The van der Waals surface area contributed by atoms with Crippen LogP contribution in [0.15, 0.2) is 0 Å². The van der Waals surface area contributed by atoms with Crippen LogP contribution in [0, 0.1) is 5.92 Å². The first-order chi connectivity index (χ1) is 6.18. The van der Waals surface area contributed by atoms with E-state index >= 15 is 0 Å². The summed E-state index contributed by atoms with van der Waals surface area (Å²) < 4.78 is 0. The molecule has 0 aromatic heterocycles. The lowest BCUT2D eigenvalue weighted by atomic mass is 10.1. The van der Waals surface area contributed by atoms with Gasteiger partial charge < -0.3 is 11.1 Å². The number of hydrogen-bond acceptors (Lipinski definition) is 2. The van der Waals surface area contributed by atoms with E-state index in [-0.39, 0.29) is 0 Å². The minimum Gasteiger partial charge on any atom is -0.328 e. The molecule has 0 bridgehead atoms. The average molecular weight is 184 g/mol. The molecule has 0 radical (unpaired) electrons. The van der Waals surface area contributed by atoms with Crippen LogP contribution in [0.25, 0.3) is 0 Å². The van der Waals surface area contributed by atoms with Crippen molar-refractivity contribution in [2.75, 3.05) is 6.54 Å². The van der Waals surface area contributed by atoms with Gasteiger partial charge in [0.15, 0.2) is 0 Å². The summed E-state index contributed by atoms with van der Waals surface area (Å²) in [6, 6.07) is 1.17. The van der Waals surface area contributed by atoms with Crippen molar-refractivity contribution in [1.82, 2.24) is 5.32 Å². The first-order valence-electron chi connectivity index (χ1n) is 5.67. The van der Waals surface area contributed by atoms with Crippen molar-refractivity contribution in [2.24, 2.45) is 11.7 Å². The van der Waals surface area contributed by atoms with E-state index in [1.807, 2.05) is 0 Å². The molecule has 1 aliphatic rings. The summed E-state index contributed by atoms with van der Waals surface area (Å²) in [5.41, 5.74) is 5.84. The molecule has 0 heterocycles. The molecule has 2 nitrogen and oxygen atoms in total. The highest BCUT2D eigenvalue weighted by atomic mass is 14.9. The highest BCUT2D eigenvalue weighted by molar-refractivity contribution is 4.82. The molecule has 0 aromatic carbocycles. The van der Waals surface area contributed by atoms with Gasteiger partial charge in [-0.05, 0) is 44.6 Å². The van der Waals surface area contributed by atoms with Crippen molar-refractivity contribution in [2.45, 2.75) is 58.0 Å². The molecule has 1 fully saturated rings. The smallest absolute Gasteiger partial charge is 0.00823 e. The number of nitrogens with one attached hydrogen (secondary N) is 1. The molecule has 0 amide bonds. The summed E-state index contributed by atoms with van der Waals surface area (Å²) in [5, 5.41) is 3.59. The predicted octanol–water partition coefficient (Wildman–Crippen LogP) is 1.89. The zero-order valence-electron chi connectivity index (χ0n) is 9.05. The monoisotopic (exact) mass is 184 g/mol. The van der Waals surface area contributed by atoms with E-state index in [0.717, 1.165) is 5.92 Å². The molecule has 2 heteroatoms. The van der Waals surface area contributed by atoms with Gasteiger partial charge in [-0.3, -0.25) is 0 Å². The van der Waals surface area contributed by atoms with Gasteiger partial charge in [0.1, 0.15) is 0 Å². The number of hydrogen-bond donors (Lipinski definition) is 2. The van der Waals surface area contributed by atoms with Gasteiger partial charge in [0.2, 0.25) is 0 Å². The maximum atomic E-state index is 5.84. The molecule has 1 aliphatic carbocycles. The molecule has 1 rings (SSSR count). The molecule has 13 heavy (non-hydrogen) atoms. The summed E-state index contributed by atoms with van der Waals surface area (Å²) in [7, 11) is 0. The fourth-order valence-electron chi connectivity index (χ4n) is 2.02. The maximum absolute atomic E-state index is 5.84. The fraction of sp³-hybridized carbons (Fsp3) is 1.00. The normalized spacial score (nSPS) is 28.6. The lowest BCUT2D eigenvalue weighted by Gasteiger charge is -2.12. The van der Waals surface area contributed by atoms with E-state index in [9.17, 15) is 0 Å². The Labute approximate surface area is 82.3 Å². The van der Waals surface area contributed by atoms with Gasteiger partial charge in [0.05, 0.1) is 0 Å². The Kier molecular flexibility index (Phi) is 4.74. The third-order valence-electron chi connectivity index (χ3n) is 2.86. The standard InChI is InChI=1S/C11H24N2/c1-9(2)4-3-7-13-11-6-5-10(12)8-11/h9-11,13H,3-8,12H2,1-2H3. The quantitative estimate of drug-likeness (QED) is 0.640. The fourth-order valence-corrected chi connectivity index (χ4v) is 2.02. The highest BCUT2D eigenvalue weighted by Gasteiger charge is 2.20. The van der Waals surface area contributed by atoms with Crippen molar-refractivity contribution < 1.29 is 0 Å². The van der Waals surface area contributed by atoms with Crippen LogP contribution < -0.4 is 11.1 Å². The van der Waals surface area contributed by atoms with Crippen molar-refractivity contribution in [3.05, 3.63) is 0 Å². The predicted molar refractivity (Wildman–Crippen MR) is 57.7 cm³/mol. The van der Waals surface area contributed by atoms with E-state index in [4.69, 9.17) is 5.73 Å². The van der Waals surface area contributed by atoms with Crippen LogP contribution in [0.4, 0.5) is 0 Å². The zero-order chi connectivity index (χ0) is 9.68. The average Bonchev–Trinajstić information content (AvgIpc) is 2.45. The second-order valence-corrected chi connectivity index (χ2v) is 4.76. The topological polar surface area (TPSA) is 38.0 Å². The molecule has 0 aromatic rings. The van der Waals surface area contributed by atoms with Crippen molar-refractivity contribution >= 4 is 0 Å². The Hall–Kier alpha value is -0.0800. The minimum absolute atomic E-state index is 0.461. The maximum Gasteiger partial charge on any atom is 0.00823 e. The van der Waals surface area contributed by atoms with E-state index in [0.29, 0.717) is 12.1 Å². The summed E-state index contributed by atoms with van der Waals surface area (Å²) in [6.07, 6.45) is 6.32. The molecular formula is C11H24N2. The second-order valence-electron chi connectivity index (χ2n) is 4.76. The van der Waals surface area contributed by atoms with Crippen LogP contribution in [0.5, 0.6) is 0 Å². The number of nitrogens with two attached hydrogens (primary N) is 1. The van der Waals surface area contributed by atoms with Crippen LogP contribution in [0.1, 0.15) is 46.0 Å². The molecule has 0 aliphatic heterocycles. The van der Waals surface area contributed by atoms with E-state index < -0.39 is 0 Å². The van der Waals surface area contributed by atoms with Crippen molar-refractivity contribution in [3.8, 4) is 0 Å². The molecular weight excluding hydrogens is 160 g/mol. The first-order valence-corrected chi connectivity index (χ1v) is 5.67. The van der Waals surface area contributed by atoms with Gasteiger partial charge in [-0.15, -0.1) is 0 Å². The summed E-state index contributed by atoms with van der Waals surface area (Å²) in [4.78, 5) is 0. The Balaban J connectivity index is 1.94. The largest absolute Gasteiger partial charge is 0.328 e. The Morgan fingerprint density at radius 3 is 2.69 bits per heavy atom. The third kappa shape index (κ3) is 4.63. The third-order valence-corrected chi connectivity index (χ3v) is 2.86. The lowest BCUT2D eigenvalue weighted by molar-refractivity contribution is 0.473. The summed E-state index contributed by atoms with van der Waals surface area (Å²) in [5.74, 6) is 0.840.